The Kier molecular flexibility index (Phi) is 2.19. The first-order chi connectivity index (χ1) is 7.11. The minimum absolute atomic E-state index is 0.0190. The zero-order valence-electron chi connectivity index (χ0n) is 7.43. The maximum Gasteiger partial charge on any atom is 0.150 e. The smallest absolute Gasteiger partial charge is 0.150 e. The van der Waals surface area contributed by atoms with Crippen LogP contribution in [0.2, 0.25) is 0 Å². The molecule has 2 aromatic rings. The van der Waals surface area contributed by atoms with Crippen molar-refractivity contribution >= 4 is 17.1 Å². The summed E-state index contributed by atoms with van der Waals surface area (Å²) in [5.74, 6) is -2.54. The van der Waals surface area contributed by atoms with Gasteiger partial charge in [0.1, 0.15) is 23.7 Å². The van der Waals surface area contributed by atoms with Crippen LogP contribution in [0.15, 0.2) is 24.3 Å². The number of fused-ring (bicyclic) bond motifs is 1. The predicted octanol–water partition coefficient (Wildman–Crippen LogP) is 3.07. The molecule has 76 valence electrons. The van der Waals surface area contributed by atoms with E-state index < -0.39 is 17.5 Å². The molecular formula is C11H5F3O. The fourth-order valence-corrected chi connectivity index (χ4v) is 1.43. The lowest BCUT2D eigenvalue weighted by Crippen LogP contribution is -1.90. The van der Waals surface area contributed by atoms with Crippen LogP contribution in [0.5, 0.6) is 0 Å². The van der Waals surface area contributed by atoms with Crippen LogP contribution in [0.4, 0.5) is 13.2 Å². The normalized spacial score (nSPS) is 10.6. The van der Waals surface area contributed by atoms with Crippen molar-refractivity contribution in [3.63, 3.8) is 0 Å². The molecule has 1 nitrogen and oxygen atoms in total. The van der Waals surface area contributed by atoms with Gasteiger partial charge in [0.2, 0.25) is 0 Å². The maximum atomic E-state index is 13.3. The fourth-order valence-electron chi connectivity index (χ4n) is 1.43. The second-order valence-electron chi connectivity index (χ2n) is 3.10. The Hall–Kier alpha value is -1.84. The average molecular weight is 210 g/mol. The summed E-state index contributed by atoms with van der Waals surface area (Å²) in [5, 5.41) is -0.267. The molecule has 2 aromatic carbocycles. The molecule has 2 rings (SSSR count). The molecule has 0 fully saturated rings. The number of carbonyl (C=O) groups excluding carboxylic acids is 1. The Bertz CT molecular complexity index is 549. The standard InChI is InChI=1S/C11H5F3O/c12-7-3-9-8(11(14)4-7)1-6(5-15)2-10(9)13/h1-5H. The van der Waals surface area contributed by atoms with Crippen molar-refractivity contribution in [2.75, 3.05) is 0 Å². The SMILES string of the molecule is O=Cc1cc(F)c2cc(F)cc(F)c2c1. The molecule has 0 saturated carbocycles. The third-order valence-electron chi connectivity index (χ3n) is 2.09. The monoisotopic (exact) mass is 210 g/mol. The number of halogens is 3. The summed E-state index contributed by atoms with van der Waals surface area (Å²) in [5.41, 5.74) is 0.0190. The lowest BCUT2D eigenvalue weighted by molar-refractivity contribution is 0.112. The van der Waals surface area contributed by atoms with Gasteiger partial charge in [-0.25, -0.2) is 13.2 Å². The molecule has 0 N–H and O–H groups in total. The van der Waals surface area contributed by atoms with Gasteiger partial charge in [0.25, 0.3) is 0 Å². The zero-order chi connectivity index (χ0) is 11.0. The number of hydrogen-bond acceptors (Lipinski definition) is 1. The minimum Gasteiger partial charge on any atom is -0.298 e. The van der Waals surface area contributed by atoms with Crippen molar-refractivity contribution in [2.24, 2.45) is 0 Å². The lowest BCUT2D eigenvalue weighted by atomic mass is 10.1. The van der Waals surface area contributed by atoms with Gasteiger partial charge in [-0.3, -0.25) is 4.79 Å². The van der Waals surface area contributed by atoms with Crippen molar-refractivity contribution < 1.29 is 18.0 Å². The molecule has 0 heterocycles. The van der Waals surface area contributed by atoms with E-state index in [0.29, 0.717) is 12.4 Å². The van der Waals surface area contributed by atoms with Gasteiger partial charge in [-0.2, -0.15) is 0 Å². The summed E-state index contributed by atoms with van der Waals surface area (Å²) in [7, 11) is 0. The summed E-state index contributed by atoms with van der Waals surface area (Å²) >= 11 is 0. The molecule has 0 aromatic heterocycles. The molecule has 0 aliphatic rings. The summed E-state index contributed by atoms with van der Waals surface area (Å²) < 4.78 is 39.3. The van der Waals surface area contributed by atoms with E-state index in [1.165, 1.54) is 6.07 Å². The van der Waals surface area contributed by atoms with Gasteiger partial charge in [-0.15, -0.1) is 0 Å². The van der Waals surface area contributed by atoms with Gasteiger partial charge >= 0.3 is 0 Å². The molecule has 0 bridgehead atoms. The molecule has 15 heavy (non-hydrogen) atoms. The Morgan fingerprint density at radius 2 is 1.47 bits per heavy atom. The quantitative estimate of drug-likeness (QED) is 0.661. The van der Waals surface area contributed by atoms with Crippen LogP contribution < -0.4 is 0 Å². The van der Waals surface area contributed by atoms with Gasteiger partial charge in [-0.05, 0) is 18.2 Å². The topological polar surface area (TPSA) is 17.1 Å². The molecule has 0 radical (unpaired) electrons. The average Bonchev–Trinajstić information content (AvgIpc) is 2.19. The second kappa shape index (κ2) is 3.38. The van der Waals surface area contributed by atoms with E-state index in [-0.39, 0.29) is 16.3 Å². The molecule has 4 heteroatoms. The van der Waals surface area contributed by atoms with E-state index in [0.717, 1.165) is 12.1 Å². The largest absolute Gasteiger partial charge is 0.298 e. The van der Waals surface area contributed by atoms with Crippen molar-refractivity contribution in [1.29, 1.82) is 0 Å². The molecule has 0 amide bonds. The number of rotatable bonds is 1. The van der Waals surface area contributed by atoms with E-state index in [1.807, 2.05) is 0 Å². The Morgan fingerprint density at radius 1 is 0.867 bits per heavy atom. The summed E-state index contributed by atoms with van der Waals surface area (Å²) in [6, 6.07) is 3.66. The molecule has 0 aliphatic carbocycles. The van der Waals surface area contributed by atoms with Gasteiger partial charge in [-0.1, -0.05) is 0 Å². The van der Waals surface area contributed by atoms with Gasteiger partial charge < -0.3 is 0 Å². The fraction of sp³-hybridized carbons (Fsp3) is 0. The number of benzene rings is 2. The molecule has 0 unspecified atom stereocenters. The van der Waals surface area contributed by atoms with Crippen LogP contribution in [0.3, 0.4) is 0 Å². The summed E-state index contributed by atoms with van der Waals surface area (Å²) in [4.78, 5) is 10.4. The van der Waals surface area contributed by atoms with Crippen LogP contribution >= 0.6 is 0 Å². The summed E-state index contributed by atoms with van der Waals surface area (Å²) in [6.45, 7) is 0. The first kappa shape index (κ1) is 9.71. The second-order valence-corrected chi connectivity index (χ2v) is 3.10. The highest BCUT2D eigenvalue weighted by atomic mass is 19.1. The van der Waals surface area contributed by atoms with E-state index in [2.05, 4.69) is 0 Å². The lowest BCUT2D eigenvalue weighted by Gasteiger charge is -2.02. The highest BCUT2D eigenvalue weighted by Crippen LogP contribution is 2.23. The summed E-state index contributed by atoms with van der Waals surface area (Å²) in [6.07, 6.45) is 0.408. The molecule has 0 spiro atoms. The van der Waals surface area contributed by atoms with Crippen molar-refractivity contribution in [2.45, 2.75) is 0 Å². The van der Waals surface area contributed by atoms with Crippen LogP contribution in [0.1, 0.15) is 10.4 Å². The third-order valence-corrected chi connectivity index (χ3v) is 2.09. The molecule has 0 saturated heterocycles. The third kappa shape index (κ3) is 1.58. The minimum atomic E-state index is -0.882. The molecular weight excluding hydrogens is 205 g/mol. The van der Waals surface area contributed by atoms with E-state index in [9.17, 15) is 18.0 Å². The van der Waals surface area contributed by atoms with Gasteiger partial charge in [0.05, 0.1) is 0 Å². The van der Waals surface area contributed by atoms with E-state index in [4.69, 9.17) is 0 Å². The van der Waals surface area contributed by atoms with E-state index >= 15 is 0 Å². The van der Waals surface area contributed by atoms with Crippen molar-refractivity contribution in [1.82, 2.24) is 0 Å². The number of aldehydes is 1. The molecule has 0 atom stereocenters. The van der Waals surface area contributed by atoms with Gasteiger partial charge in [0.15, 0.2) is 0 Å². The van der Waals surface area contributed by atoms with Crippen LogP contribution in [0, 0.1) is 17.5 Å². The van der Waals surface area contributed by atoms with Crippen LogP contribution in [-0.2, 0) is 0 Å². The van der Waals surface area contributed by atoms with Crippen molar-refractivity contribution in [3.8, 4) is 0 Å². The predicted molar refractivity (Wildman–Crippen MR) is 49.2 cm³/mol. The van der Waals surface area contributed by atoms with Crippen LogP contribution in [-0.4, -0.2) is 6.29 Å². The van der Waals surface area contributed by atoms with Crippen molar-refractivity contribution in [3.05, 3.63) is 47.3 Å². The maximum absolute atomic E-state index is 13.3. The Morgan fingerprint density at radius 3 is 2.13 bits per heavy atom. The first-order valence-corrected chi connectivity index (χ1v) is 4.15. The van der Waals surface area contributed by atoms with E-state index in [1.54, 1.807) is 0 Å². The first-order valence-electron chi connectivity index (χ1n) is 4.15. The molecule has 0 aliphatic heterocycles. The Balaban J connectivity index is 2.91. The van der Waals surface area contributed by atoms with Gasteiger partial charge in [0, 0.05) is 22.4 Å². The highest BCUT2D eigenvalue weighted by Gasteiger charge is 2.09. The number of hydrogen-bond donors (Lipinski definition) is 0. The number of carbonyl (C=O) groups is 1. The highest BCUT2D eigenvalue weighted by molar-refractivity contribution is 5.89. The van der Waals surface area contributed by atoms with Crippen LogP contribution in [0.25, 0.3) is 10.8 Å². The zero-order valence-corrected chi connectivity index (χ0v) is 7.43. The Labute approximate surface area is 83.1 Å².